The molecule has 3 atom stereocenters. The van der Waals surface area contributed by atoms with Crippen molar-refractivity contribution >= 4 is 17.6 Å². The van der Waals surface area contributed by atoms with Gasteiger partial charge in [0.05, 0.1) is 18.1 Å². The fourth-order valence-corrected chi connectivity index (χ4v) is 2.80. The number of likely N-dealkylation sites (tertiary alicyclic amines) is 1. The lowest BCUT2D eigenvalue weighted by molar-refractivity contribution is -0.122. The third-order valence-electron chi connectivity index (χ3n) is 4.23. The molecule has 122 valence electrons. The molecule has 0 aromatic heterocycles. The number of dihydropyridines is 1. The van der Waals surface area contributed by atoms with Gasteiger partial charge in [-0.1, -0.05) is 6.08 Å². The first-order valence-corrected chi connectivity index (χ1v) is 7.73. The summed E-state index contributed by atoms with van der Waals surface area (Å²) in [4.78, 5) is 23.0. The standard InChI is InChI=1S/C16H25N3O3/c1-10-8-12(9-13(22-4)11(2)20)16(21)18-15(10)17-14-6-5-7-19(14)3/h8,11-13,20H,5-7,9H2,1-4H3. The lowest BCUT2D eigenvalue weighted by Gasteiger charge is -2.23. The lowest BCUT2D eigenvalue weighted by atomic mass is 9.94. The second kappa shape index (κ2) is 7.15. The summed E-state index contributed by atoms with van der Waals surface area (Å²) >= 11 is 0. The number of aliphatic hydroxyl groups is 1. The van der Waals surface area contributed by atoms with E-state index in [4.69, 9.17) is 4.74 Å². The highest BCUT2D eigenvalue weighted by Gasteiger charge is 2.28. The van der Waals surface area contributed by atoms with Crippen LogP contribution in [0.2, 0.25) is 0 Å². The van der Waals surface area contributed by atoms with Crippen LogP contribution >= 0.6 is 0 Å². The van der Waals surface area contributed by atoms with Crippen LogP contribution in [-0.2, 0) is 9.53 Å². The Labute approximate surface area is 131 Å². The fourth-order valence-electron chi connectivity index (χ4n) is 2.80. The van der Waals surface area contributed by atoms with E-state index in [9.17, 15) is 9.90 Å². The predicted octanol–water partition coefficient (Wildman–Crippen LogP) is 1.40. The number of hydrogen-bond acceptors (Lipinski definition) is 4. The minimum absolute atomic E-state index is 0.215. The molecular weight excluding hydrogens is 282 g/mol. The van der Waals surface area contributed by atoms with Crippen LogP contribution in [0.3, 0.4) is 0 Å². The van der Waals surface area contributed by atoms with Crippen LogP contribution in [0.5, 0.6) is 0 Å². The molecule has 1 amide bonds. The number of amides is 1. The number of aliphatic hydroxyl groups excluding tert-OH is 1. The minimum atomic E-state index is -0.621. The van der Waals surface area contributed by atoms with E-state index < -0.39 is 6.10 Å². The van der Waals surface area contributed by atoms with Gasteiger partial charge in [-0.2, -0.15) is 4.99 Å². The number of aliphatic imine (C=N–C) groups is 2. The van der Waals surface area contributed by atoms with Crippen molar-refractivity contribution in [2.24, 2.45) is 15.9 Å². The van der Waals surface area contributed by atoms with Crippen molar-refractivity contribution in [1.82, 2.24) is 4.90 Å². The number of nitrogens with zero attached hydrogens (tertiary/aromatic N) is 3. The molecule has 3 unspecified atom stereocenters. The van der Waals surface area contributed by atoms with Gasteiger partial charge >= 0.3 is 0 Å². The number of methoxy groups -OCH3 is 1. The number of carbonyl (C=O) groups excluding carboxylic acids is 1. The molecule has 6 nitrogen and oxygen atoms in total. The quantitative estimate of drug-likeness (QED) is 0.852. The maximum Gasteiger partial charge on any atom is 0.254 e. The van der Waals surface area contributed by atoms with Crippen LogP contribution in [-0.4, -0.2) is 60.5 Å². The van der Waals surface area contributed by atoms with E-state index in [1.54, 1.807) is 6.92 Å². The number of amidine groups is 2. The zero-order valence-corrected chi connectivity index (χ0v) is 13.7. The van der Waals surface area contributed by atoms with Crippen molar-refractivity contribution in [1.29, 1.82) is 0 Å². The molecular formula is C16H25N3O3. The molecule has 1 N–H and O–H groups in total. The van der Waals surface area contributed by atoms with Crippen molar-refractivity contribution in [3.63, 3.8) is 0 Å². The molecule has 0 radical (unpaired) electrons. The molecule has 1 saturated heterocycles. The van der Waals surface area contributed by atoms with Crippen molar-refractivity contribution in [3.8, 4) is 0 Å². The number of rotatable bonds is 4. The van der Waals surface area contributed by atoms with E-state index in [-0.39, 0.29) is 17.9 Å². The van der Waals surface area contributed by atoms with Crippen molar-refractivity contribution < 1.29 is 14.6 Å². The fraction of sp³-hybridized carbons (Fsp3) is 0.688. The Morgan fingerprint density at radius 3 is 2.86 bits per heavy atom. The molecule has 1 fully saturated rings. The molecule has 0 saturated carbocycles. The zero-order valence-electron chi connectivity index (χ0n) is 13.7. The van der Waals surface area contributed by atoms with Crippen molar-refractivity contribution in [2.45, 2.75) is 45.3 Å². The Bertz CT molecular complexity index is 523. The van der Waals surface area contributed by atoms with Crippen molar-refractivity contribution in [3.05, 3.63) is 11.6 Å². The first-order valence-electron chi connectivity index (χ1n) is 7.73. The van der Waals surface area contributed by atoms with Crippen LogP contribution in [0.15, 0.2) is 21.6 Å². The minimum Gasteiger partial charge on any atom is -0.391 e. The van der Waals surface area contributed by atoms with Gasteiger partial charge in [-0.05, 0) is 32.3 Å². The molecule has 0 spiro atoms. The zero-order chi connectivity index (χ0) is 16.3. The summed E-state index contributed by atoms with van der Waals surface area (Å²) in [6.45, 7) is 4.57. The van der Waals surface area contributed by atoms with Gasteiger partial charge in [-0.25, -0.2) is 4.99 Å². The van der Waals surface area contributed by atoms with Gasteiger partial charge in [0.2, 0.25) is 0 Å². The topological polar surface area (TPSA) is 74.5 Å². The number of hydrogen-bond donors (Lipinski definition) is 1. The maximum absolute atomic E-state index is 12.2. The number of carbonyl (C=O) groups is 1. The SMILES string of the molecule is COC(CC1C=C(C)C(N=C2CCCN2C)=NC1=O)C(C)O. The molecule has 0 aromatic rings. The van der Waals surface area contributed by atoms with Gasteiger partial charge < -0.3 is 14.7 Å². The van der Waals surface area contributed by atoms with Gasteiger partial charge in [0, 0.05) is 27.1 Å². The molecule has 2 heterocycles. The largest absolute Gasteiger partial charge is 0.391 e. The van der Waals surface area contributed by atoms with Gasteiger partial charge in [0.1, 0.15) is 5.84 Å². The lowest BCUT2D eigenvalue weighted by Crippen LogP contribution is -2.31. The van der Waals surface area contributed by atoms with Crippen LogP contribution in [0.1, 0.15) is 33.1 Å². The monoisotopic (exact) mass is 307 g/mol. The summed E-state index contributed by atoms with van der Waals surface area (Å²) in [7, 11) is 3.54. The summed E-state index contributed by atoms with van der Waals surface area (Å²) in [6, 6.07) is 0. The summed E-state index contributed by atoms with van der Waals surface area (Å²) < 4.78 is 5.23. The van der Waals surface area contributed by atoms with Crippen LogP contribution in [0.4, 0.5) is 0 Å². The van der Waals surface area contributed by atoms with E-state index in [1.807, 2.05) is 20.0 Å². The Morgan fingerprint density at radius 1 is 1.59 bits per heavy atom. The average Bonchev–Trinajstić information content (AvgIpc) is 2.86. The summed E-state index contributed by atoms with van der Waals surface area (Å²) in [5.74, 6) is 0.922. The van der Waals surface area contributed by atoms with Crippen LogP contribution in [0, 0.1) is 5.92 Å². The average molecular weight is 307 g/mol. The van der Waals surface area contributed by atoms with Gasteiger partial charge in [-0.3, -0.25) is 4.79 Å². The van der Waals surface area contributed by atoms with E-state index in [0.29, 0.717) is 12.3 Å². The first kappa shape index (κ1) is 16.8. The normalized spacial score (nSPS) is 27.0. The maximum atomic E-state index is 12.2. The number of ether oxygens (including phenoxy) is 1. The Kier molecular flexibility index (Phi) is 5.47. The van der Waals surface area contributed by atoms with E-state index in [2.05, 4.69) is 14.9 Å². The third-order valence-corrected chi connectivity index (χ3v) is 4.23. The molecule has 2 aliphatic heterocycles. The molecule has 22 heavy (non-hydrogen) atoms. The summed E-state index contributed by atoms with van der Waals surface area (Å²) in [5.41, 5.74) is 0.901. The molecule has 0 aliphatic carbocycles. The van der Waals surface area contributed by atoms with Crippen LogP contribution in [0.25, 0.3) is 0 Å². The highest BCUT2D eigenvalue weighted by atomic mass is 16.5. The Morgan fingerprint density at radius 2 is 2.32 bits per heavy atom. The first-order chi connectivity index (χ1) is 10.4. The third kappa shape index (κ3) is 3.81. The van der Waals surface area contributed by atoms with E-state index in [1.165, 1.54) is 7.11 Å². The summed E-state index contributed by atoms with van der Waals surface area (Å²) in [6.07, 6.45) is 3.33. The molecule has 0 bridgehead atoms. The van der Waals surface area contributed by atoms with Gasteiger partial charge in [0.25, 0.3) is 5.91 Å². The predicted molar refractivity (Wildman–Crippen MR) is 86.1 cm³/mol. The molecule has 2 rings (SSSR count). The highest BCUT2D eigenvalue weighted by Crippen LogP contribution is 2.22. The van der Waals surface area contributed by atoms with Gasteiger partial charge in [0.15, 0.2) is 5.84 Å². The van der Waals surface area contributed by atoms with E-state index >= 15 is 0 Å². The molecule has 2 aliphatic rings. The highest BCUT2D eigenvalue weighted by molar-refractivity contribution is 6.12. The molecule has 0 aromatic carbocycles. The van der Waals surface area contributed by atoms with Gasteiger partial charge in [-0.15, -0.1) is 0 Å². The Hall–Kier alpha value is -1.53. The second-order valence-corrected chi connectivity index (χ2v) is 6.03. The summed E-state index contributed by atoms with van der Waals surface area (Å²) in [5, 5.41) is 9.65. The second-order valence-electron chi connectivity index (χ2n) is 6.03. The smallest absolute Gasteiger partial charge is 0.254 e. The van der Waals surface area contributed by atoms with Crippen molar-refractivity contribution in [2.75, 3.05) is 20.7 Å². The van der Waals surface area contributed by atoms with Crippen LogP contribution < -0.4 is 0 Å². The Balaban J connectivity index is 2.12. The molecule has 6 heteroatoms. The van der Waals surface area contributed by atoms with E-state index in [0.717, 1.165) is 30.8 Å².